The van der Waals surface area contributed by atoms with Crippen molar-refractivity contribution in [1.82, 2.24) is 0 Å². The summed E-state index contributed by atoms with van der Waals surface area (Å²) in [7, 11) is -4.04. The number of carbonyl (C=O) groups is 1. The molecule has 2 aromatic rings. The Morgan fingerprint density at radius 2 is 1.82 bits per heavy atom. The molecule has 0 aliphatic heterocycles. The second-order valence-electron chi connectivity index (χ2n) is 4.29. The molecule has 0 unspecified atom stereocenters. The van der Waals surface area contributed by atoms with Crippen molar-refractivity contribution in [3.63, 3.8) is 0 Å². The quantitative estimate of drug-likeness (QED) is 0.719. The fraction of sp³-hybridized carbons (Fsp3) is 0.0714. The largest absolute Gasteiger partial charge is 0.377 e. The lowest BCUT2D eigenvalue weighted by Gasteiger charge is -2.12. The predicted octanol–water partition coefficient (Wildman–Crippen LogP) is 3.94. The van der Waals surface area contributed by atoms with Crippen molar-refractivity contribution in [3.8, 4) is 5.75 Å². The summed E-state index contributed by atoms with van der Waals surface area (Å²) in [4.78, 5) is 11.2. The van der Waals surface area contributed by atoms with Crippen molar-refractivity contribution >= 4 is 53.6 Å². The molecule has 0 saturated heterocycles. The van der Waals surface area contributed by atoms with E-state index in [1.54, 1.807) is 30.3 Å². The Morgan fingerprint density at radius 1 is 1.14 bits per heavy atom. The van der Waals surface area contributed by atoms with E-state index in [4.69, 9.17) is 4.18 Å². The summed E-state index contributed by atoms with van der Waals surface area (Å²) in [5.41, 5.74) is 0.284. The van der Waals surface area contributed by atoms with Gasteiger partial charge >= 0.3 is 10.1 Å². The highest BCUT2D eigenvalue weighted by Crippen LogP contribution is 2.31. The summed E-state index contributed by atoms with van der Waals surface area (Å²) in [6.07, 6.45) is 0. The third-order valence-corrected chi connectivity index (χ3v) is 5.27. The Labute approximate surface area is 145 Å². The van der Waals surface area contributed by atoms with E-state index < -0.39 is 10.1 Å². The third kappa shape index (κ3) is 4.08. The first-order chi connectivity index (χ1) is 10.3. The molecular weight excluding hydrogens is 438 g/mol. The molecule has 0 atom stereocenters. The molecule has 8 heteroatoms. The van der Waals surface area contributed by atoms with Crippen LogP contribution in [0.3, 0.4) is 0 Å². The van der Waals surface area contributed by atoms with Gasteiger partial charge in [-0.25, -0.2) is 0 Å². The fourth-order valence-electron chi connectivity index (χ4n) is 1.67. The molecule has 116 valence electrons. The van der Waals surface area contributed by atoms with Crippen LogP contribution in [0.15, 0.2) is 56.3 Å². The lowest BCUT2D eigenvalue weighted by atomic mass is 10.3. The van der Waals surface area contributed by atoms with Gasteiger partial charge < -0.3 is 9.50 Å². The number of hydrogen-bond donors (Lipinski definition) is 1. The Balaban J connectivity index is 2.39. The van der Waals surface area contributed by atoms with Gasteiger partial charge in [0.25, 0.3) is 0 Å². The molecule has 0 bridgehead atoms. The standard InChI is InChI=1S/C14H11Br2NO4S/c1-9(18)17-12-4-2-3-5-13(12)21-22(19,20)14-7-6-10(15)8-11(14)16/h2-8H,1H3,(H,17,18). The lowest BCUT2D eigenvalue weighted by molar-refractivity contribution is -0.114. The summed E-state index contributed by atoms with van der Waals surface area (Å²) in [5.74, 6) is -0.272. The van der Waals surface area contributed by atoms with E-state index in [2.05, 4.69) is 37.2 Å². The van der Waals surface area contributed by atoms with Gasteiger partial charge in [-0.2, -0.15) is 8.42 Å². The van der Waals surface area contributed by atoms with Crippen molar-refractivity contribution in [2.45, 2.75) is 11.8 Å². The molecule has 0 heterocycles. The van der Waals surface area contributed by atoms with Crippen molar-refractivity contribution in [3.05, 3.63) is 51.4 Å². The highest BCUT2D eigenvalue weighted by molar-refractivity contribution is 9.11. The molecule has 0 aliphatic rings. The van der Waals surface area contributed by atoms with Gasteiger partial charge in [0.15, 0.2) is 5.75 Å². The van der Waals surface area contributed by atoms with Crippen LogP contribution < -0.4 is 9.50 Å². The van der Waals surface area contributed by atoms with E-state index in [0.717, 1.165) is 4.47 Å². The van der Waals surface area contributed by atoms with E-state index in [1.165, 1.54) is 19.1 Å². The molecule has 0 spiro atoms. The maximum absolute atomic E-state index is 12.4. The van der Waals surface area contributed by atoms with Crippen molar-refractivity contribution < 1.29 is 17.4 Å². The Kier molecular flexibility index (Phi) is 5.25. The first-order valence-electron chi connectivity index (χ1n) is 6.06. The molecule has 22 heavy (non-hydrogen) atoms. The van der Waals surface area contributed by atoms with Crippen LogP contribution in [0.25, 0.3) is 0 Å². The van der Waals surface area contributed by atoms with Gasteiger partial charge in [0.2, 0.25) is 5.91 Å². The lowest BCUT2D eigenvalue weighted by Crippen LogP contribution is -2.13. The predicted molar refractivity (Wildman–Crippen MR) is 90.4 cm³/mol. The monoisotopic (exact) mass is 447 g/mol. The number of halogens is 2. The molecule has 0 fully saturated rings. The summed E-state index contributed by atoms with van der Waals surface area (Å²) in [6.45, 7) is 1.33. The number of benzene rings is 2. The highest BCUT2D eigenvalue weighted by Gasteiger charge is 2.21. The number of hydrogen-bond acceptors (Lipinski definition) is 4. The van der Waals surface area contributed by atoms with Crippen LogP contribution >= 0.6 is 31.9 Å². The zero-order valence-corrected chi connectivity index (χ0v) is 15.3. The molecule has 1 amide bonds. The van der Waals surface area contributed by atoms with E-state index in [1.807, 2.05) is 0 Å². The second-order valence-corrected chi connectivity index (χ2v) is 7.57. The summed E-state index contributed by atoms with van der Waals surface area (Å²) in [6, 6.07) is 10.9. The van der Waals surface area contributed by atoms with E-state index in [0.29, 0.717) is 4.47 Å². The van der Waals surface area contributed by atoms with Crippen LogP contribution in [0, 0.1) is 0 Å². The van der Waals surface area contributed by atoms with Gasteiger partial charge in [-0.05, 0) is 46.3 Å². The van der Waals surface area contributed by atoms with E-state index in [9.17, 15) is 13.2 Å². The minimum atomic E-state index is -4.04. The average Bonchev–Trinajstić information content (AvgIpc) is 2.39. The number of para-hydroxylation sites is 2. The van der Waals surface area contributed by atoms with Crippen LogP contribution in [0.1, 0.15) is 6.92 Å². The summed E-state index contributed by atoms with van der Waals surface area (Å²) >= 11 is 6.45. The van der Waals surface area contributed by atoms with Crippen LogP contribution in [-0.2, 0) is 14.9 Å². The number of rotatable bonds is 4. The molecule has 0 aliphatic carbocycles. The van der Waals surface area contributed by atoms with Gasteiger partial charge in [-0.3, -0.25) is 4.79 Å². The van der Waals surface area contributed by atoms with Gasteiger partial charge in [0.05, 0.1) is 5.69 Å². The molecule has 0 saturated carbocycles. The van der Waals surface area contributed by atoms with Crippen molar-refractivity contribution in [2.75, 3.05) is 5.32 Å². The fourth-order valence-corrected chi connectivity index (χ4v) is 4.32. The molecule has 1 N–H and O–H groups in total. The number of carbonyl (C=O) groups excluding carboxylic acids is 1. The van der Waals surface area contributed by atoms with Crippen LogP contribution in [0.2, 0.25) is 0 Å². The topological polar surface area (TPSA) is 72.5 Å². The normalized spacial score (nSPS) is 11.0. The van der Waals surface area contributed by atoms with Crippen LogP contribution in [-0.4, -0.2) is 14.3 Å². The van der Waals surface area contributed by atoms with Crippen LogP contribution in [0.5, 0.6) is 5.75 Å². The van der Waals surface area contributed by atoms with E-state index >= 15 is 0 Å². The first-order valence-corrected chi connectivity index (χ1v) is 9.05. The Morgan fingerprint density at radius 3 is 2.45 bits per heavy atom. The Hall–Kier alpha value is -1.38. The van der Waals surface area contributed by atoms with Crippen LogP contribution in [0.4, 0.5) is 5.69 Å². The number of nitrogens with one attached hydrogen (secondary N) is 1. The summed E-state index contributed by atoms with van der Waals surface area (Å²) < 4.78 is 31.0. The number of anilines is 1. The molecular formula is C14H11Br2NO4S. The van der Waals surface area contributed by atoms with Gasteiger partial charge in [0, 0.05) is 15.9 Å². The molecule has 2 rings (SSSR count). The zero-order chi connectivity index (χ0) is 16.3. The maximum atomic E-state index is 12.4. The maximum Gasteiger partial charge on any atom is 0.340 e. The minimum absolute atomic E-state index is 0.00618. The number of amides is 1. The van der Waals surface area contributed by atoms with Gasteiger partial charge in [0.1, 0.15) is 4.90 Å². The molecule has 5 nitrogen and oxygen atoms in total. The molecule has 0 aromatic heterocycles. The van der Waals surface area contributed by atoms with Crippen molar-refractivity contribution in [2.24, 2.45) is 0 Å². The molecule has 0 radical (unpaired) electrons. The third-order valence-electron chi connectivity index (χ3n) is 2.56. The highest BCUT2D eigenvalue weighted by atomic mass is 79.9. The minimum Gasteiger partial charge on any atom is -0.377 e. The smallest absolute Gasteiger partial charge is 0.340 e. The van der Waals surface area contributed by atoms with E-state index in [-0.39, 0.29) is 22.2 Å². The first kappa shape index (κ1) is 17.0. The van der Waals surface area contributed by atoms with Crippen molar-refractivity contribution in [1.29, 1.82) is 0 Å². The van der Waals surface area contributed by atoms with Gasteiger partial charge in [-0.15, -0.1) is 0 Å². The SMILES string of the molecule is CC(=O)Nc1ccccc1OS(=O)(=O)c1ccc(Br)cc1Br. The Bertz CT molecular complexity index is 821. The second kappa shape index (κ2) is 6.80. The molecule has 2 aromatic carbocycles. The average molecular weight is 449 g/mol. The zero-order valence-electron chi connectivity index (χ0n) is 11.3. The summed E-state index contributed by atoms with van der Waals surface area (Å²) in [5, 5.41) is 2.52. The van der Waals surface area contributed by atoms with Gasteiger partial charge in [-0.1, -0.05) is 28.1 Å².